The average Bonchev–Trinajstić information content (AvgIpc) is 2.59. The Balaban J connectivity index is 2.07. The molecule has 138 valence electrons. The summed E-state index contributed by atoms with van der Waals surface area (Å²) in [6.07, 6.45) is 3.33. The van der Waals surface area contributed by atoms with Crippen molar-refractivity contribution in [2.45, 2.75) is 44.4 Å². The van der Waals surface area contributed by atoms with Crippen molar-refractivity contribution < 1.29 is 18.0 Å². The molecular weight excluding hydrogens is 342 g/mol. The predicted molar refractivity (Wildman–Crippen MR) is 95.9 cm³/mol. The minimum absolute atomic E-state index is 0.0570. The van der Waals surface area contributed by atoms with Crippen LogP contribution in [0.1, 0.15) is 38.7 Å². The molecule has 0 atom stereocenters. The number of carbonyl (C=O) groups excluding carboxylic acids is 2. The van der Waals surface area contributed by atoms with Crippen LogP contribution in [0, 0.1) is 0 Å². The highest BCUT2D eigenvalue weighted by molar-refractivity contribution is 7.89. The molecule has 0 saturated heterocycles. The van der Waals surface area contributed by atoms with Crippen LogP contribution in [0.5, 0.6) is 0 Å². The topological polar surface area (TPSA) is 95.6 Å². The SMILES string of the molecule is CCCCNC(=O)CNS(=O)(=O)c1ccc2c(c1)CCCN2C(C)=O. The molecule has 1 aromatic carbocycles. The molecular formula is C17H25N3O4S. The lowest BCUT2D eigenvalue weighted by Gasteiger charge is -2.28. The number of hydrogen-bond donors (Lipinski definition) is 2. The van der Waals surface area contributed by atoms with Crippen molar-refractivity contribution in [3.8, 4) is 0 Å². The van der Waals surface area contributed by atoms with Crippen LogP contribution >= 0.6 is 0 Å². The lowest BCUT2D eigenvalue weighted by molar-refractivity contribution is -0.120. The summed E-state index contributed by atoms with van der Waals surface area (Å²) in [7, 11) is -3.77. The molecule has 1 heterocycles. The van der Waals surface area contributed by atoms with Crippen LogP contribution in [0.2, 0.25) is 0 Å². The monoisotopic (exact) mass is 367 g/mol. The summed E-state index contributed by atoms with van der Waals surface area (Å²) in [4.78, 5) is 25.1. The van der Waals surface area contributed by atoms with E-state index in [1.54, 1.807) is 17.0 Å². The van der Waals surface area contributed by atoms with E-state index in [1.165, 1.54) is 13.0 Å². The predicted octanol–water partition coefficient (Wildman–Crippen LogP) is 1.18. The Morgan fingerprint density at radius 3 is 2.72 bits per heavy atom. The summed E-state index contributed by atoms with van der Waals surface area (Å²) in [6, 6.07) is 4.71. The normalized spacial score (nSPS) is 14.1. The summed E-state index contributed by atoms with van der Waals surface area (Å²) >= 11 is 0. The van der Waals surface area contributed by atoms with Crippen molar-refractivity contribution in [3.05, 3.63) is 23.8 Å². The molecule has 0 aromatic heterocycles. The van der Waals surface area contributed by atoms with E-state index >= 15 is 0 Å². The maximum absolute atomic E-state index is 12.4. The minimum Gasteiger partial charge on any atom is -0.355 e. The van der Waals surface area contributed by atoms with Crippen LogP contribution in [0.25, 0.3) is 0 Å². The van der Waals surface area contributed by atoms with Gasteiger partial charge in [0.1, 0.15) is 0 Å². The highest BCUT2D eigenvalue weighted by Crippen LogP contribution is 2.29. The van der Waals surface area contributed by atoms with Crippen molar-refractivity contribution in [3.63, 3.8) is 0 Å². The number of unbranched alkanes of at least 4 members (excludes halogenated alkanes) is 1. The first-order chi connectivity index (χ1) is 11.8. The number of hydrogen-bond acceptors (Lipinski definition) is 4. The molecule has 1 aliphatic rings. The number of sulfonamides is 1. The van der Waals surface area contributed by atoms with Gasteiger partial charge in [0.05, 0.1) is 11.4 Å². The smallest absolute Gasteiger partial charge is 0.241 e. The minimum atomic E-state index is -3.77. The van der Waals surface area contributed by atoms with Crippen LogP contribution < -0.4 is 14.9 Å². The molecule has 2 rings (SSSR count). The van der Waals surface area contributed by atoms with E-state index in [9.17, 15) is 18.0 Å². The van der Waals surface area contributed by atoms with Gasteiger partial charge in [-0.15, -0.1) is 0 Å². The number of fused-ring (bicyclic) bond motifs is 1. The fraction of sp³-hybridized carbons (Fsp3) is 0.529. The molecule has 2 N–H and O–H groups in total. The van der Waals surface area contributed by atoms with E-state index in [-0.39, 0.29) is 23.3 Å². The van der Waals surface area contributed by atoms with Gasteiger partial charge < -0.3 is 10.2 Å². The largest absolute Gasteiger partial charge is 0.355 e. The Hall–Kier alpha value is -1.93. The van der Waals surface area contributed by atoms with Crippen molar-refractivity contribution in [2.24, 2.45) is 0 Å². The van der Waals surface area contributed by atoms with Gasteiger partial charge in [0.2, 0.25) is 21.8 Å². The Bertz CT molecular complexity index is 746. The maximum Gasteiger partial charge on any atom is 0.241 e. The van der Waals surface area contributed by atoms with E-state index in [1.807, 2.05) is 6.92 Å². The van der Waals surface area contributed by atoms with E-state index in [0.29, 0.717) is 13.1 Å². The zero-order valence-electron chi connectivity index (χ0n) is 14.7. The molecule has 0 fully saturated rings. The first-order valence-corrected chi connectivity index (χ1v) is 10.0. The van der Waals surface area contributed by atoms with E-state index in [0.717, 1.165) is 36.9 Å². The van der Waals surface area contributed by atoms with Crippen LogP contribution in [-0.4, -0.2) is 39.9 Å². The second kappa shape index (κ2) is 8.44. The Morgan fingerprint density at radius 2 is 2.04 bits per heavy atom. The molecule has 25 heavy (non-hydrogen) atoms. The van der Waals surface area contributed by atoms with Crippen LogP contribution in [0.15, 0.2) is 23.1 Å². The van der Waals surface area contributed by atoms with Crippen LogP contribution in [0.3, 0.4) is 0 Å². The fourth-order valence-corrected chi connectivity index (χ4v) is 3.81. The van der Waals surface area contributed by atoms with Crippen molar-refractivity contribution in [1.82, 2.24) is 10.0 Å². The highest BCUT2D eigenvalue weighted by Gasteiger charge is 2.23. The first kappa shape index (κ1) is 19.4. The van der Waals surface area contributed by atoms with Gasteiger partial charge in [0.15, 0.2) is 0 Å². The highest BCUT2D eigenvalue weighted by atomic mass is 32.2. The van der Waals surface area contributed by atoms with Gasteiger partial charge in [-0.05, 0) is 43.0 Å². The number of anilines is 1. The Morgan fingerprint density at radius 1 is 1.28 bits per heavy atom. The number of amides is 2. The van der Waals surface area contributed by atoms with Gasteiger partial charge in [-0.1, -0.05) is 13.3 Å². The van der Waals surface area contributed by atoms with Crippen molar-refractivity contribution in [1.29, 1.82) is 0 Å². The standard InChI is InChI=1S/C17H25N3O4S/c1-3-4-9-18-17(22)12-19-25(23,24)15-7-8-16-14(11-15)6-5-10-20(16)13(2)21/h7-8,11,19H,3-6,9-10,12H2,1-2H3,(H,18,22). The van der Waals surface area contributed by atoms with Crippen molar-refractivity contribution in [2.75, 3.05) is 24.5 Å². The lowest BCUT2D eigenvalue weighted by Crippen LogP contribution is -2.37. The summed E-state index contributed by atoms with van der Waals surface area (Å²) in [6.45, 7) is 4.40. The molecule has 0 saturated carbocycles. The van der Waals surface area contributed by atoms with E-state index < -0.39 is 10.0 Å². The van der Waals surface area contributed by atoms with Gasteiger partial charge in [0, 0.05) is 25.7 Å². The van der Waals surface area contributed by atoms with Gasteiger partial charge in [0.25, 0.3) is 0 Å². The summed E-state index contributed by atoms with van der Waals surface area (Å²) in [5.41, 5.74) is 1.59. The number of carbonyl (C=O) groups is 2. The number of benzene rings is 1. The molecule has 1 aromatic rings. The third-order valence-electron chi connectivity index (χ3n) is 4.14. The summed E-state index contributed by atoms with van der Waals surface area (Å²) in [5, 5.41) is 2.67. The summed E-state index contributed by atoms with van der Waals surface area (Å²) < 4.78 is 27.1. The third kappa shape index (κ3) is 5.02. The van der Waals surface area contributed by atoms with Crippen LogP contribution in [-0.2, 0) is 26.0 Å². The number of aryl methyl sites for hydroxylation is 1. The van der Waals surface area contributed by atoms with Gasteiger partial charge in [-0.3, -0.25) is 9.59 Å². The second-order valence-electron chi connectivity index (χ2n) is 6.09. The van der Waals surface area contributed by atoms with Crippen LogP contribution in [0.4, 0.5) is 5.69 Å². The molecule has 0 unspecified atom stereocenters. The fourth-order valence-electron chi connectivity index (χ4n) is 2.78. The molecule has 0 radical (unpaired) electrons. The van der Waals surface area contributed by atoms with Gasteiger partial charge in [-0.25, -0.2) is 13.1 Å². The lowest BCUT2D eigenvalue weighted by atomic mass is 10.0. The second-order valence-corrected chi connectivity index (χ2v) is 7.86. The third-order valence-corrected chi connectivity index (χ3v) is 5.53. The van der Waals surface area contributed by atoms with Crippen molar-refractivity contribution >= 4 is 27.5 Å². The quantitative estimate of drug-likeness (QED) is 0.708. The zero-order chi connectivity index (χ0) is 18.4. The molecule has 0 bridgehead atoms. The number of nitrogens with zero attached hydrogens (tertiary/aromatic N) is 1. The Kier molecular flexibility index (Phi) is 6.55. The van der Waals surface area contributed by atoms with Gasteiger partial charge in [-0.2, -0.15) is 0 Å². The first-order valence-electron chi connectivity index (χ1n) is 8.52. The van der Waals surface area contributed by atoms with Gasteiger partial charge >= 0.3 is 0 Å². The number of rotatable bonds is 7. The molecule has 0 spiro atoms. The molecule has 0 aliphatic carbocycles. The van der Waals surface area contributed by atoms with E-state index in [2.05, 4.69) is 10.0 Å². The molecule has 8 heteroatoms. The maximum atomic E-state index is 12.4. The summed E-state index contributed by atoms with van der Waals surface area (Å²) in [5.74, 6) is -0.406. The number of nitrogens with one attached hydrogen (secondary N) is 2. The molecule has 2 amide bonds. The molecule has 7 nitrogen and oxygen atoms in total. The average molecular weight is 367 g/mol. The molecule has 1 aliphatic heterocycles. The zero-order valence-corrected chi connectivity index (χ0v) is 15.5. The van der Waals surface area contributed by atoms with E-state index in [4.69, 9.17) is 0 Å². The Labute approximate surface area is 148 Å².